The number of rotatable bonds is 6. The summed E-state index contributed by atoms with van der Waals surface area (Å²) in [6.45, 7) is 5.68. The molecule has 0 bridgehead atoms. The van der Waals surface area contributed by atoms with Gasteiger partial charge < -0.3 is 9.47 Å². The van der Waals surface area contributed by atoms with Crippen LogP contribution in [0.15, 0.2) is 42.6 Å². The highest BCUT2D eigenvalue weighted by molar-refractivity contribution is 5.42. The molecule has 0 spiro atoms. The fourth-order valence-corrected chi connectivity index (χ4v) is 3.79. The van der Waals surface area contributed by atoms with Crippen LogP contribution < -0.4 is 9.47 Å². The summed E-state index contributed by atoms with van der Waals surface area (Å²) in [5, 5.41) is 8.75. The van der Waals surface area contributed by atoms with Crippen LogP contribution >= 0.6 is 0 Å². The SMILES string of the molecule is COc1cc(C)ccc1OCCN1CCCC(c2nnc3ccccn23)C1. The van der Waals surface area contributed by atoms with Crippen LogP contribution in [-0.4, -0.2) is 52.8 Å². The van der Waals surface area contributed by atoms with Crippen molar-refractivity contribution in [2.45, 2.75) is 25.7 Å². The minimum absolute atomic E-state index is 0.407. The minimum Gasteiger partial charge on any atom is -0.493 e. The number of likely N-dealkylation sites (tertiary alicyclic amines) is 1. The molecule has 0 aliphatic carbocycles. The molecule has 0 saturated carbocycles. The quantitative estimate of drug-likeness (QED) is 0.670. The van der Waals surface area contributed by atoms with Gasteiger partial charge in [-0.25, -0.2) is 0 Å². The van der Waals surface area contributed by atoms with E-state index in [0.717, 1.165) is 49.0 Å². The van der Waals surface area contributed by atoms with Crippen molar-refractivity contribution < 1.29 is 9.47 Å². The van der Waals surface area contributed by atoms with Gasteiger partial charge in [0.1, 0.15) is 12.4 Å². The lowest BCUT2D eigenvalue weighted by atomic mass is 9.97. The predicted octanol–water partition coefficient (Wildman–Crippen LogP) is 3.30. The normalized spacial score (nSPS) is 17.9. The molecule has 0 radical (unpaired) electrons. The summed E-state index contributed by atoms with van der Waals surface area (Å²) >= 11 is 0. The van der Waals surface area contributed by atoms with Gasteiger partial charge in [0.05, 0.1) is 7.11 Å². The standard InChI is InChI=1S/C21H26N4O2/c1-16-8-9-18(19(14-16)26-2)27-13-12-24-10-5-6-17(15-24)21-23-22-20-7-3-4-11-25(20)21/h3-4,7-9,11,14,17H,5-6,10,12-13,15H2,1-2H3. The first-order chi connectivity index (χ1) is 13.2. The van der Waals surface area contributed by atoms with Gasteiger partial charge in [-0.2, -0.15) is 0 Å². The molecular weight excluding hydrogens is 340 g/mol. The lowest BCUT2D eigenvalue weighted by Crippen LogP contribution is -2.37. The van der Waals surface area contributed by atoms with Crippen molar-refractivity contribution in [2.24, 2.45) is 0 Å². The molecule has 3 aromatic rings. The third-order valence-electron chi connectivity index (χ3n) is 5.19. The Labute approximate surface area is 159 Å². The zero-order chi connectivity index (χ0) is 18.6. The van der Waals surface area contributed by atoms with Gasteiger partial charge in [-0.1, -0.05) is 12.1 Å². The molecule has 1 aliphatic rings. The molecule has 1 saturated heterocycles. The monoisotopic (exact) mass is 366 g/mol. The van der Waals surface area contributed by atoms with Crippen molar-refractivity contribution in [3.63, 3.8) is 0 Å². The third-order valence-corrected chi connectivity index (χ3v) is 5.19. The van der Waals surface area contributed by atoms with Gasteiger partial charge in [0.2, 0.25) is 0 Å². The summed E-state index contributed by atoms with van der Waals surface area (Å²) in [4.78, 5) is 2.46. The fourth-order valence-electron chi connectivity index (χ4n) is 3.79. The number of hydrogen-bond acceptors (Lipinski definition) is 5. The molecule has 27 heavy (non-hydrogen) atoms. The van der Waals surface area contributed by atoms with Crippen LogP contribution in [0.5, 0.6) is 11.5 Å². The molecular formula is C21H26N4O2. The summed E-state index contributed by atoms with van der Waals surface area (Å²) in [5.74, 6) is 3.07. The van der Waals surface area contributed by atoms with E-state index in [2.05, 4.69) is 25.7 Å². The molecule has 1 fully saturated rings. The van der Waals surface area contributed by atoms with Crippen LogP contribution in [0.25, 0.3) is 5.65 Å². The van der Waals surface area contributed by atoms with Gasteiger partial charge in [0, 0.05) is 25.2 Å². The molecule has 1 unspecified atom stereocenters. The van der Waals surface area contributed by atoms with Crippen LogP contribution in [0.4, 0.5) is 0 Å². The second-order valence-corrected chi connectivity index (χ2v) is 7.13. The lowest BCUT2D eigenvalue weighted by Gasteiger charge is -2.31. The van der Waals surface area contributed by atoms with Crippen LogP contribution in [0.2, 0.25) is 0 Å². The van der Waals surface area contributed by atoms with Crippen molar-refractivity contribution in [1.29, 1.82) is 0 Å². The molecule has 1 aromatic carbocycles. The Hall–Kier alpha value is -2.60. The third kappa shape index (κ3) is 3.90. The molecule has 2 aromatic heterocycles. The number of aromatic nitrogens is 3. The van der Waals surface area contributed by atoms with E-state index in [1.165, 1.54) is 12.0 Å². The summed E-state index contributed by atoms with van der Waals surface area (Å²) in [5.41, 5.74) is 2.08. The summed E-state index contributed by atoms with van der Waals surface area (Å²) in [7, 11) is 1.68. The van der Waals surface area contributed by atoms with Crippen LogP contribution in [-0.2, 0) is 0 Å². The van der Waals surface area contributed by atoms with Crippen molar-refractivity contribution in [2.75, 3.05) is 33.4 Å². The van der Waals surface area contributed by atoms with E-state index in [-0.39, 0.29) is 0 Å². The number of pyridine rings is 1. The second kappa shape index (κ2) is 7.96. The Balaban J connectivity index is 1.36. The van der Waals surface area contributed by atoms with Gasteiger partial charge in [-0.15, -0.1) is 10.2 Å². The van der Waals surface area contributed by atoms with E-state index in [9.17, 15) is 0 Å². The van der Waals surface area contributed by atoms with E-state index in [1.807, 2.05) is 43.3 Å². The molecule has 1 atom stereocenters. The van der Waals surface area contributed by atoms with Gasteiger partial charge in [-0.3, -0.25) is 9.30 Å². The molecule has 3 heterocycles. The van der Waals surface area contributed by atoms with E-state index < -0.39 is 0 Å². The van der Waals surface area contributed by atoms with Crippen molar-refractivity contribution in [3.05, 3.63) is 54.0 Å². The van der Waals surface area contributed by atoms with E-state index in [0.29, 0.717) is 12.5 Å². The highest BCUT2D eigenvalue weighted by atomic mass is 16.5. The molecule has 0 amide bonds. The van der Waals surface area contributed by atoms with Gasteiger partial charge in [0.25, 0.3) is 0 Å². The molecule has 0 N–H and O–H groups in total. The molecule has 1 aliphatic heterocycles. The largest absolute Gasteiger partial charge is 0.493 e. The first kappa shape index (κ1) is 17.8. The Morgan fingerprint density at radius 1 is 1.15 bits per heavy atom. The molecule has 6 heteroatoms. The van der Waals surface area contributed by atoms with Gasteiger partial charge >= 0.3 is 0 Å². The van der Waals surface area contributed by atoms with E-state index in [4.69, 9.17) is 9.47 Å². The summed E-state index contributed by atoms with van der Waals surface area (Å²) in [6, 6.07) is 12.1. The maximum atomic E-state index is 5.98. The first-order valence-electron chi connectivity index (χ1n) is 9.54. The Kier molecular flexibility index (Phi) is 5.25. The second-order valence-electron chi connectivity index (χ2n) is 7.13. The number of hydrogen-bond donors (Lipinski definition) is 0. The van der Waals surface area contributed by atoms with E-state index in [1.54, 1.807) is 7.11 Å². The Morgan fingerprint density at radius 3 is 2.96 bits per heavy atom. The number of methoxy groups -OCH3 is 1. The number of ether oxygens (including phenoxy) is 2. The number of aryl methyl sites for hydroxylation is 1. The smallest absolute Gasteiger partial charge is 0.161 e. The lowest BCUT2D eigenvalue weighted by molar-refractivity contribution is 0.165. The van der Waals surface area contributed by atoms with Crippen molar-refractivity contribution in [3.8, 4) is 11.5 Å². The number of fused-ring (bicyclic) bond motifs is 1. The maximum Gasteiger partial charge on any atom is 0.161 e. The first-order valence-corrected chi connectivity index (χ1v) is 9.54. The Morgan fingerprint density at radius 2 is 2.07 bits per heavy atom. The summed E-state index contributed by atoms with van der Waals surface area (Å²) < 4.78 is 13.5. The Bertz CT molecular complexity index is 908. The molecule has 4 rings (SSSR count). The van der Waals surface area contributed by atoms with Crippen molar-refractivity contribution >= 4 is 5.65 Å². The zero-order valence-corrected chi connectivity index (χ0v) is 16.0. The van der Waals surface area contributed by atoms with E-state index >= 15 is 0 Å². The van der Waals surface area contributed by atoms with Crippen LogP contribution in [0.1, 0.15) is 30.1 Å². The average Bonchev–Trinajstić information content (AvgIpc) is 3.13. The highest BCUT2D eigenvalue weighted by Crippen LogP contribution is 2.28. The average molecular weight is 366 g/mol. The highest BCUT2D eigenvalue weighted by Gasteiger charge is 2.25. The van der Waals surface area contributed by atoms with Gasteiger partial charge in [-0.05, 0) is 56.1 Å². The van der Waals surface area contributed by atoms with Crippen LogP contribution in [0.3, 0.4) is 0 Å². The molecule has 6 nitrogen and oxygen atoms in total. The molecule has 142 valence electrons. The summed E-state index contributed by atoms with van der Waals surface area (Å²) in [6.07, 6.45) is 4.37. The van der Waals surface area contributed by atoms with Crippen molar-refractivity contribution in [1.82, 2.24) is 19.5 Å². The van der Waals surface area contributed by atoms with Gasteiger partial charge in [0.15, 0.2) is 17.1 Å². The topological polar surface area (TPSA) is 51.9 Å². The maximum absolute atomic E-state index is 5.98. The predicted molar refractivity (Wildman–Crippen MR) is 105 cm³/mol. The fraction of sp³-hybridized carbons (Fsp3) is 0.429. The van der Waals surface area contributed by atoms with Crippen LogP contribution in [0, 0.1) is 6.92 Å². The number of nitrogens with zero attached hydrogens (tertiary/aromatic N) is 4. The number of benzene rings is 1. The minimum atomic E-state index is 0.407. The zero-order valence-electron chi connectivity index (χ0n) is 16.0. The number of piperidine rings is 1.